The normalized spacial score (nSPS) is 14.2. The summed E-state index contributed by atoms with van der Waals surface area (Å²) >= 11 is 18.8. The summed E-state index contributed by atoms with van der Waals surface area (Å²) < 4.78 is 30.6. The van der Waals surface area contributed by atoms with Crippen LogP contribution in [-0.2, 0) is 10.0 Å². The van der Waals surface area contributed by atoms with Gasteiger partial charge in [-0.3, -0.25) is 0 Å². The quantitative estimate of drug-likeness (QED) is 0.215. The first-order chi connectivity index (χ1) is 17.2. The van der Waals surface area contributed by atoms with Crippen molar-refractivity contribution in [3.8, 4) is 22.4 Å². The maximum absolute atomic E-state index is 13.2. The maximum Gasteiger partial charge on any atom is 0.264 e. The summed E-state index contributed by atoms with van der Waals surface area (Å²) in [6, 6.07) is 19.2. The highest BCUT2D eigenvalue weighted by molar-refractivity contribution is 7.90. The molecule has 1 N–H and O–H groups in total. The van der Waals surface area contributed by atoms with E-state index in [1.54, 1.807) is 54.7 Å². The predicted octanol–water partition coefficient (Wildman–Crippen LogP) is 6.83. The van der Waals surface area contributed by atoms with Crippen LogP contribution < -0.4 is 4.72 Å². The molecule has 0 aliphatic heterocycles. The monoisotopic (exact) mass is 558 g/mol. The van der Waals surface area contributed by atoms with E-state index in [9.17, 15) is 8.42 Å². The number of halogens is 3. The highest BCUT2D eigenvalue weighted by Crippen LogP contribution is 2.37. The van der Waals surface area contributed by atoms with Crippen LogP contribution in [0.2, 0.25) is 15.1 Å². The lowest BCUT2D eigenvalue weighted by Crippen LogP contribution is -2.36. The molecule has 0 amide bonds. The lowest BCUT2D eigenvalue weighted by molar-refractivity contribution is 0.591. The summed E-state index contributed by atoms with van der Waals surface area (Å²) in [5.41, 5.74) is 3.60. The molecule has 1 fully saturated rings. The second-order valence-corrected chi connectivity index (χ2v) is 11.5. The summed E-state index contributed by atoms with van der Waals surface area (Å²) in [6.07, 6.45) is 3.49. The molecule has 1 saturated carbocycles. The van der Waals surface area contributed by atoms with Gasteiger partial charge in [-0.1, -0.05) is 65.1 Å². The molecular formula is C26H21Cl3N4O2S. The van der Waals surface area contributed by atoms with Crippen LogP contribution in [0.4, 0.5) is 0 Å². The Bertz CT molecular complexity index is 1580. The third kappa shape index (κ3) is 5.44. The van der Waals surface area contributed by atoms with Gasteiger partial charge in [-0.05, 0) is 61.7 Å². The minimum Gasteiger partial charge on any atom is -0.247 e. The Morgan fingerprint density at radius 3 is 2.36 bits per heavy atom. The number of nitrogens with zero attached hydrogens (tertiary/aromatic N) is 3. The smallest absolute Gasteiger partial charge is 0.247 e. The molecule has 1 heterocycles. The molecule has 0 atom stereocenters. The van der Waals surface area contributed by atoms with E-state index < -0.39 is 10.0 Å². The predicted molar refractivity (Wildman–Crippen MR) is 145 cm³/mol. The number of aliphatic imine (C=N–C) groups is 1. The number of aromatic nitrogens is 2. The zero-order valence-corrected chi connectivity index (χ0v) is 22.2. The Kier molecular flexibility index (Phi) is 6.83. The van der Waals surface area contributed by atoms with Gasteiger partial charge in [-0.15, -0.1) is 0 Å². The Morgan fingerprint density at radius 2 is 1.69 bits per heavy atom. The molecule has 1 aromatic heterocycles. The van der Waals surface area contributed by atoms with E-state index in [1.165, 1.54) is 4.68 Å². The van der Waals surface area contributed by atoms with Crippen molar-refractivity contribution in [3.05, 3.63) is 93.6 Å². The number of hydrogen-bond acceptors (Lipinski definition) is 4. The van der Waals surface area contributed by atoms with Gasteiger partial charge in [0, 0.05) is 32.9 Å². The minimum absolute atomic E-state index is 0.0333. The van der Waals surface area contributed by atoms with Crippen LogP contribution in [0.15, 0.2) is 82.8 Å². The van der Waals surface area contributed by atoms with Crippen LogP contribution in [0.25, 0.3) is 22.4 Å². The summed E-state index contributed by atoms with van der Waals surface area (Å²) in [6.45, 7) is 1.84. The number of hydrogen-bond donors (Lipinski definition) is 1. The molecule has 4 aromatic rings. The van der Waals surface area contributed by atoms with Crippen molar-refractivity contribution in [2.24, 2.45) is 4.99 Å². The molecule has 0 unspecified atom stereocenters. The largest absolute Gasteiger partial charge is 0.264 e. The van der Waals surface area contributed by atoms with Crippen LogP contribution in [0, 0.1) is 6.92 Å². The molecule has 6 nitrogen and oxygen atoms in total. The zero-order valence-electron chi connectivity index (χ0n) is 19.1. The van der Waals surface area contributed by atoms with Crippen LogP contribution in [0.3, 0.4) is 0 Å². The zero-order chi connectivity index (χ0) is 25.4. The molecule has 3 aromatic carbocycles. The Labute approximate surface area is 224 Å². The Morgan fingerprint density at radius 1 is 0.972 bits per heavy atom. The number of sulfonamides is 1. The summed E-state index contributed by atoms with van der Waals surface area (Å²) in [5.74, 6) is 0.116. The standard InChI is InChI=1S/C26H21Cl3N4O2S/c1-16-3-2-4-21(13-16)36(34,35)32-26(30-20-10-11-20)33-15-23(22-12-9-19(28)14-24(22)29)25(31-33)17-5-7-18(27)8-6-17/h2-9,12-15,20H,10-11H2,1H3,(H,30,32). The van der Waals surface area contributed by atoms with Crippen molar-refractivity contribution in [1.82, 2.24) is 14.5 Å². The highest BCUT2D eigenvalue weighted by atomic mass is 35.5. The molecule has 36 heavy (non-hydrogen) atoms. The van der Waals surface area contributed by atoms with E-state index >= 15 is 0 Å². The molecule has 0 bridgehead atoms. The number of aryl methyl sites for hydroxylation is 1. The van der Waals surface area contributed by atoms with E-state index in [2.05, 4.69) is 9.71 Å². The van der Waals surface area contributed by atoms with E-state index in [0.717, 1.165) is 24.0 Å². The molecule has 5 rings (SSSR count). The first-order valence-electron chi connectivity index (χ1n) is 11.2. The van der Waals surface area contributed by atoms with E-state index in [1.807, 2.05) is 25.1 Å². The molecular weight excluding hydrogens is 539 g/mol. The van der Waals surface area contributed by atoms with Gasteiger partial charge in [0.15, 0.2) is 0 Å². The van der Waals surface area contributed by atoms with Crippen LogP contribution in [0.1, 0.15) is 18.4 Å². The van der Waals surface area contributed by atoms with Crippen LogP contribution >= 0.6 is 34.8 Å². The van der Waals surface area contributed by atoms with Crippen molar-refractivity contribution in [1.29, 1.82) is 0 Å². The van der Waals surface area contributed by atoms with Crippen LogP contribution in [0.5, 0.6) is 0 Å². The van der Waals surface area contributed by atoms with Gasteiger partial charge >= 0.3 is 0 Å². The fraction of sp³-hybridized carbons (Fsp3) is 0.154. The third-order valence-corrected chi connectivity index (χ3v) is 7.77. The van der Waals surface area contributed by atoms with Crippen molar-refractivity contribution < 1.29 is 8.42 Å². The lowest BCUT2D eigenvalue weighted by Gasteiger charge is -2.11. The maximum atomic E-state index is 13.2. The minimum atomic E-state index is -3.90. The summed E-state index contributed by atoms with van der Waals surface area (Å²) in [7, 11) is -3.90. The number of benzene rings is 3. The van der Waals surface area contributed by atoms with E-state index in [0.29, 0.717) is 31.9 Å². The molecule has 184 valence electrons. The van der Waals surface area contributed by atoms with E-state index in [4.69, 9.17) is 39.9 Å². The summed E-state index contributed by atoms with van der Waals surface area (Å²) in [4.78, 5) is 4.79. The highest BCUT2D eigenvalue weighted by Gasteiger charge is 2.26. The molecule has 0 spiro atoms. The second kappa shape index (κ2) is 9.90. The van der Waals surface area contributed by atoms with E-state index in [-0.39, 0.29) is 16.9 Å². The van der Waals surface area contributed by atoms with Crippen molar-refractivity contribution >= 4 is 50.8 Å². The second-order valence-electron chi connectivity index (χ2n) is 8.57. The van der Waals surface area contributed by atoms with Crippen molar-refractivity contribution in [3.63, 3.8) is 0 Å². The Balaban J connectivity index is 1.63. The first-order valence-corrected chi connectivity index (χ1v) is 13.8. The number of nitrogens with one attached hydrogen (secondary N) is 1. The fourth-order valence-corrected chi connectivity index (χ4v) is 5.42. The molecule has 10 heteroatoms. The topological polar surface area (TPSA) is 76.3 Å². The van der Waals surface area contributed by atoms with Gasteiger partial charge in [0.05, 0.1) is 16.0 Å². The summed E-state index contributed by atoms with van der Waals surface area (Å²) in [5, 5.41) is 6.29. The third-order valence-electron chi connectivity index (χ3n) is 5.65. The van der Waals surface area contributed by atoms with Gasteiger partial charge in [0.2, 0.25) is 5.96 Å². The van der Waals surface area contributed by atoms with Gasteiger partial charge in [0.1, 0.15) is 5.69 Å². The average Bonchev–Trinajstić information content (AvgIpc) is 3.54. The Hall–Kier alpha value is -2.84. The van der Waals surface area contributed by atoms with Crippen molar-refractivity contribution in [2.75, 3.05) is 0 Å². The van der Waals surface area contributed by atoms with Gasteiger partial charge in [0.25, 0.3) is 10.0 Å². The van der Waals surface area contributed by atoms with Crippen molar-refractivity contribution in [2.45, 2.75) is 30.7 Å². The fourth-order valence-electron chi connectivity index (χ4n) is 3.68. The number of rotatable bonds is 5. The lowest BCUT2D eigenvalue weighted by atomic mass is 10.0. The first kappa shape index (κ1) is 24.8. The van der Waals surface area contributed by atoms with Gasteiger partial charge < -0.3 is 0 Å². The molecule has 0 radical (unpaired) electrons. The average molecular weight is 560 g/mol. The molecule has 1 aliphatic rings. The molecule has 1 aliphatic carbocycles. The van der Waals surface area contributed by atoms with Gasteiger partial charge in [-0.2, -0.15) is 5.10 Å². The SMILES string of the molecule is Cc1cccc(S(=O)(=O)NC(=NC2CC2)n2cc(-c3ccc(Cl)cc3Cl)c(-c3ccc(Cl)cc3)n2)c1. The molecule has 0 saturated heterocycles. The van der Waals surface area contributed by atoms with Crippen LogP contribution in [-0.4, -0.2) is 30.2 Å². The van der Waals surface area contributed by atoms with Gasteiger partial charge in [-0.25, -0.2) is 22.8 Å².